The second-order valence-corrected chi connectivity index (χ2v) is 7.56. The minimum atomic E-state index is -0.349. The maximum atomic E-state index is 11.4. The number of methoxy groups -OCH3 is 2. The van der Waals surface area contributed by atoms with Gasteiger partial charge in [-0.05, 0) is 29.3 Å². The maximum absolute atomic E-state index is 11.4. The summed E-state index contributed by atoms with van der Waals surface area (Å²) in [6, 6.07) is 19.3. The Kier molecular flexibility index (Phi) is 4.55. The molecule has 6 heteroatoms. The molecule has 1 aliphatic heterocycles. The molecule has 1 aliphatic rings. The van der Waals surface area contributed by atoms with Crippen molar-refractivity contribution in [3.63, 3.8) is 0 Å². The quantitative estimate of drug-likeness (QED) is 0.270. The second kappa shape index (κ2) is 7.40. The topological polar surface area (TPSA) is 65.5 Å². The Bertz CT molecular complexity index is 1330. The smallest absolute Gasteiger partial charge is 0.270 e. The monoisotopic (exact) mass is 413 g/mol. The molecule has 4 aromatic rings. The maximum Gasteiger partial charge on any atom is 0.270 e. The fraction of sp³-hybridized carbons (Fsp3) is 0.160. The van der Waals surface area contributed by atoms with E-state index in [-0.39, 0.29) is 10.6 Å². The van der Waals surface area contributed by atoms with Crippen LogP contribution in [0.15, 0.2) is 66.9 Å². The third-order valence-corrected chi connectivity index (χ3v) is 5.88. The zero-order chi connectivity index (χ0) is 21.5. The molecule has 31 heavy (non-hydrogen) atoms. The van der Waals surface area contributed by atoms with Crippen LogP contribution in [0.1, 0.15) is 5.56 Å². The van der Waals surface area contributed by atoms with Crippen LogP contribution in [0, 0.1) is 10.1 Å². The van der Waals surface area contributed by atoms with Crippen LogP contribution in [-0.2, 0) is 13.0 Å². The number of aromatic nitrogens is 1. The Hall–Kier alpha value is -3.93. The molecule has 0 unspecified atom stereocenters. The number of aryl methyl sites for hydroxylation is 2. The van der Waals surface area contributed by atoms with E-state index in [0.717, 1.165) is 46.1 Å². The first-order valence-electron chi connectivity index (χ1n) is 10.1. The average molecular weight is 413 g/mol. The Morgan fingerprint density at radius 1 is 0.968 bits per heavy atom. The number of benzene rings is 3. The van der Waals surface area contributed by atoms with Gasteiger partial charge in [-0.1, -0.05) is 30.3 Å². The lowest BCUT2D eigenvalue weighted by atomic mass is 9.88. The van der Waals surface area contributed by atoms with Crippen molar-refractivity contribution in [2.75, 3.05) is 14.2 Å². The van der Waals surface area contributed by atoms with Crippen molar-refractivity contribution in [3.8, 4) is 33.9 Å². The molecule has 0 fully saturated rings. The van der Waals surface area contributed by atoms with Crippen molar-refractivity contribution in [1.29, 1.82) is 0 Å². The summed E-state index contributed by atoms with van der Waals surface area (Å²) in [4.78, 5) is 11.0. The van der Waals surface area contributed by atoms with Crippen molar-refractivity contribution >= 4 is 16.5 Å². The summed E-state index contributed by atoms with van der Waals surface area (Å²) in [5.41, 5.74) is 5.57. The van der Waals surface area contributed by atoms with Gasteiger partial charge in [0.05, 0.1) is 35.7 Å². The zero-order valence-corrected chi connectivity index (χ0v) is 17.3. The third-order valence-electron chi connectivity index (χ3n) is 5.88. The van der Waals surface area contributed by atoms with Crippen LogP contribution in [0.5, 0.6) is 11.5 Å². The van der Waals surface area contributed by atoms with Gasteiger partial charge in [0.25, 0.3) is 5.69 Å². The SMILES string of the molecule is COc1cc2c(cc1OC)-c1c(-c3ccccc3)c3ccc([N+](=O)[O-])cc3c[n+]1CC2. The lowest BCUT2D eigenvalue weighted by molar-refractivity contribution is -0.685. The first-order chi connectivity index (χ1) is 15.1. The lowest BCUT2D eigenvalue weighted by Gasteiger charge is -2.21. The highest BCUT2D eigenvalue weighted by Gasteiger charge is 2.31. The number of nitro benzene ring substituents is 1. The van der Waals surface area contributed by atoms with Crippen molar-refractivity contribution < 1.29 is 19.0 Å². The summed E-state index contributed by atoms with van der Waals surface area (Å²) < 4.78 is 13.3. The van der Waals surface area contributed by atoms with Crippen LogP contribution in [0.3, 0.4) is 0 Å². The van der Waals surface area contributed by atoms with E-state index >= 15 is 0 Å². The number of nitro groups is 1. The van der Waals surface area contributed by atoms with E-state index in [0.29, 0.717) is 11.5 Å². The number of rotatable bonds is 4. The van der Waals surface area contributed by atoms with E-state index in [1.54, 1.807) is 26.4 Å². The molecule has 0 saturated heterocycles. The van der Waals surface area contributed by atoms with E-state index in [4.69, 9.17) is 9.47 Å². The van der Waals surface area contributed by atoms with Crippen LogP contribution in [0.4, 0.5) is 5.69 Å². The summed E-state index contributed by atoms with van der Waals surface area (Å²) in [7, 11) is 3.28. The van der Waals surface area contributed by atoms with Gasteiger partial charge in [-0.3, -0.25) is 10.1 Å². The first-order valence-corrected chi connectivity index (χ1v) is 10.1. The zero-order valence-electron chi connectivity index (χ0n) is 17.3. The van der Waals surface area contributed by atoms with E-state index < -0.39 is 0 Å². The van der Waals surface area contributed by atoms with Gasteiger partial charge in [0, 0.05) is 23.9 Å². The Balaban J connectivity index is 1.89. The van der Waals surface area contributed by atoms with Crippen LogP contribution in [0.2, 0.25) is 0 Å². The number of pyridine rings is 1. The molecule has 0 radical (unpaired) electrons. The predicted octanol–water partition coefficient (Wildman–Crippen LogP) is 4.94. The van der Waals surface area contributed by atoms with Crippen LogP contribution in [-0.4, -0.2) is 19.1 Å². The summed E-state index contributed by atoms with van der Waals surface area (Å²) in [5.74, 6) is 1.39. The van der Waals surface area contributed by atoms with Crippen molar-refractivity contribution in [2.24, 2.45) is 0 Å². The molecule has 0 aliphatic carbocycles. The van der Waals surface area contributed by atoms with E-state index in [1.165, 1.54) is 5.56 Å². The molecule has 6 nitrogen and oxygen atoms in total. The van der Waals surface area contributed by atoms with Crippen molar-refractivity contribution in [2.45, 2.75) is 13.0 Å². The van der Waals surface area contributed by atoms with Gasteiger partial charge in [0.15, 0.2) is 24.2 Å². The fourth-order valence-corrected chi connectivity index (χ4v) is 4.45. The van der Waals surface area contributed by atoms with Gasteiger partial charge >= 0.3 is 0 Å². The molecule has 0 amide bonds. The van der Waals surface area contributed by atoms with Crippen LogP contribution in [0.25, 0.3) is 33.2 Å². The molecule has 1 aromatic heterocycles. The number of non-ortho nitro benzene ring substituents is 1. The molecule has 2 heterocycles. The molecular weight excluding hydrogens is 392 g/mol. The molecule has 0 bridgehead atoms. The van der Waals surface area contributed by atoms with E-state index in [1.807, 2.05) is 42.6 Å². The fourth-order valence-electron chi connectivity index (χ4n) is 4.45. The Morgan fingerprint density at radius 3 is 2.42 bits per heavy atom. The molecule has 154 valence electrons. The summed E-state index contributed by atoms with van der Waals surface area (Å²) >= 11 is 0. The summed E-state index contributed by atoms with van der Waals surface area (Å²) in [5, 5.41) is 13.2. The minimum Gasteiger partial charge on any atom is -0.493 e. The van der Waals surface area contributed by atoms with Gasteiger partial charge in [0.2, 0.25) is 5.69 Å². The molecule has 0 atom stereocenters. The second-order valence-electron chi connectivity index (χ2n) is 7.56. The molecule has 0 N–H and O–H groups in total. The Labute approximate surface area is 179 Å². The third kappa shape index (κ3) is 3.08. The van der Waals surface area contributed by atoms with Gasteiger partial charge < -0.3 is 9.47 Å². The summed E-state index contributed by atoms with van der Waals surface area (Å²) in [6.07, 6.45) is 2.85. The molecular formula is C25H21N2O4+. The van der Waals surface area contributed by atoms with Crippen LogP contribution >= 0.6 is 0 Å². The number of hydrogen-bond donors (Lipinski definition) is 0. The molecule has 3 aromatic carbocycles. The highest BCUT2D eigenvalue weighted by Crippen LogP contribution is 2.43. The van der Waals surface area contributed by atoms with Gasteiger partial charge in [-0.2, -0.15) is 4.57 Å². The van der Waals surface area contributed by atoms with Gasteiger partial charge in [0.1, 0.15) is 0 Å². The first kappa shape index (κ1) is 19.1. The summed E-state index contributed by atoms with van der Waals surface area (Å²) in [6.45, 7) is 0.774. The normalized spacial score (nSPS) is 12.2. The highest BCUT2D eigenvalue weighted by molar-refractivity contribution is 6.02. The highest BCUT2D eigenvalue weighted by atomic mass is 16.6. The largest absolute Gasteiger partial charge is 0.493 e. The van der Waals surface area contributed by atoms with Gasteiger partial charge in [-0.15, -0.1) is 0 Å². The number of hydrogen-bond acceptors (Lipinski definition) is 4. The van der Waals surface area contributed by atoms with Crippen molar-refractivity contribution in [3.05, 3.63) is 82.5 Å². The number of ether oxygens (including phenoxy) is 2. The minimum absolute atomic E-state index is 0.0923. The van der Waals surface area contributed by atoms with E-state index in [9.17, 15) is 10.1 Å². The number of fused-ring (bicyclic) bond motifs is 4. The number of nitrogens with zero attached hydrogens (tertiary/aromatic N) is 2. The lowest BCUT2D eigenvalue weighted by Crippen LogP contribution is -2.40. The molecule has 0 spiro atoms. The van der Waals surface area contributed by atoms with E-state index in [2.05, 4.69) is 16.7 Å². The van der Waals surface area contributed by atoms with Crippen LogP contribution < -0.4 is 14.0 Å². The van der Waals surface area contributed by atoms with Gasteiger partial charge in [-0.25, -0.2) is 0 Å². The standard InChI is InChI=1S/C25H21N2O4/c1-30-22-13-17-10-11-26-15-18-12-19(27(28)29)8-9-20(18)24(16-6-4-3-5-7-16)25(26)21(17)14-23(22)31-2/h3-9,12-15H,10-11H2,1-2H3/q+1. The molecule has 0 saturated carbocycles. The average Bonchev–Trinajstić information content (AvgIpc) is 2.81. The van der Waals surface area contributed by atoms with Crippen molar-refractivity contribution in [1.82, 2.24) is 0 Å². The predicted molar refractivity (Wildman–Crippen MR) is 118 cm³/mol. The molecule has 5 rings (SSSR count). The Morgan fingerprint density at radius 2 is 1.71 bits per heavy atom.